The lowest BCUT2D eigenvalue weighted by Gasteiger charge is -2.36. The quantitative estimate of drug-likeness (QED) is 0.837. The smallest absolute Gasteiger partial charge is 0.236 e. The van der Waals surface area contributed by atoms with E-state index in [1.807, 2.05) is 19.2 Å². The molecule has 5 nitrogen and oxygen atoms in total. The maximum Gasteiger partial charge on any atom is 0.236 e. The molecule has 2 atom stereocenters. The molecule has 0 unspecified atom stereocenters. The van der Waals surface area contributed by atoms with Crippen molar-refractivity contribution in [2.24, 2.45) is 5.92 Å². The number of rotatable bonds is 5. The highest BCUT2D eigenvalue weighted by Crippen LogP contribution is 2.29. The average molecular weight is 390 g/mol. The molecule has 25 heavy (non-hydrogen) atoms. The van der Waals surface area contributed by atoms with Crippen LogP contribution in [0.1, 0.15) is 18.4 Å². The van der Waals surface area contributed by atoms with Crippen molar-refractivity contribution in [3.63, 3.8) is 0 Å². The minimum absolute atomic E-state index is 0. The summed E-state index contributed by atoms with van der Waals surface area (Å²) >= 11 is 0. The zero-order valence-corrected chi connectivity index (χ0v) is 16.6. The van der Waals surface area contributed by atoms with E-state index in [4.69, 9.17) is 4.74 Å². The Bertz CT molecular complexity index is 542. The number of hydrogen-bond donors (Lipinski definition) is 1. The Morgan fingerprint density at radius 3 is 2.52 bits per heavy atom. The van der Waals surface area contributed by atoms with Gasteiger partial charge in [-0.2, -0.15) is 0 Å². The summed E-state index contributed by atoms with van der Waals surface area (Å²) in [7, 11) is 3.53. The molecule has 2 bridgehead atoms. The molecular formula is C18H29Cl2N3O2. The number of carbonyl (C=O) groups is 1. The minimum atomic E-state index is 0. The second-order valence-corrected chi connectivity index (χ2v) is 6.72. The number of likely N-dealkylation sites (N-methyl/N-ethyl adjacent to an activating group) is 1. The molecule has 3 aliphatic heterocycles. The van der Waals surface area contributed by atoms with Crippen LogP contribution in [-0.4, -0.2) is 62.1 Å². The molecule has 1 aromatic carbocycles. The first kappa shape index (κ1) is 22.0. The summed E-state index contributed by atoms with van der Waals surface area (Å²) < 4.78 is 5.22. The van der Waals surface area contributed by atoms with Crippen LogP contribution in [0.3, 0.4) is 0 Å². The maximum absolute atomic E-state index is 12.3. The third kappa shape index (κ3) is 5.48. The zero-order valence-electron chi connectivity index (χ0n) is 14.9. The van der Waals surface area contributed by atoms with Crippen LogP contribution in [0, 0.1) is 5.92 Å². The summed E-state index contributed by atoms with van der Waals surface area (Å²) in [5, 5.41) is 2.99. The van der Waals surface area contributed by atoms with Crippen LogP contribution in [0.25, 0.3) is 0 Å². The lowest BCUT2D eigenvalue weighted by atomic mass is 9.95. The number of nitrogens with zero attached hydrogens (tertiary/aromatic N) is 2. The van der Waals surface area contributed by atoms with Crippen LogP contribution in [0.4, 0.5) is 0 Å². The van der Waals surface area contributed by atoms with Crippen LogP contribution in [0.5, 0.6) is 5.75 Å². The Labute approximate surface area is 162 Å². The van der Waals surface area contributed by atoms with E-state index in [1.54, 1.807) is 7.11 Å². The van der Waals surface area contributed by atoms with Crippen molar-refractivity contribution >= 4 is 30.7 Å². The van der Waals surface area contributed by atoms with Gasteiger partial charge in [-0.15, -0.1) is 24.8 Å². The number of carbonyl (C=O) groups excluding carboxylic acids is 1. The monoisotopic (exact) mass is 389 g/mol. The molecule has 4 rings (SSSR count). The van der Waals surface area contributed by atoms with Gasteiger partial charge in [-0.05, 0) is 43.5 Å². The Balaban J connectivity index is 0.00000156. The van der Waals surface area contributed by atoms with Gasteiger partial charge in [-0.3, -0.25) is 9.69 Å². The first-order valence-electron chi connectivity index (χ1n) is 8.49. The molecule has 0 aromatic heterocycles. The largest absolute Gasteiger partial charge is 0.497 e. The van der Waals surface area contributed by atoms with E-state index >= 15 is 0 Å². The topological polar surface area (TPSA) is 44.8 Å². The van der Waals surface area contributed by atoms with Crippen molar-refractivity contribution < 1.29 is 9.53 Å². The molecule has 0 aliphatic carbocycles. The molecule has 3 aliphatic rings. The van der Waals surface area contributed by atoms with Gasteiger partial charge in [-0.25, -0.2) is 0 Å². The second-order valence-electron chi connectivity index (χ2n) is 6.72. The number of amides is 1. The van der Waals surface area contributed by atoms with Gasteiger partial charge in [0.1, 0.15) is 5.75 Å². The van der Waals surface area contributed by atoms with Crippen molar-refractivity contribution in [1.82, 2.24) is 15.1 Å². The fourth-order valence-corrected chi connectivity index (χ4v) is 3.86. The van der Waals surface area contributed by atoms with Gasteiger partial charge in [0.15, 0.2) is 0 Å². The van der Waals surface area contributed by atoms with Gasteiger partial charge in [0.2, 0.25) is 5.91 Å². The summed E-state index contributed by atoms with van der Waals surface area (Å²) in [5.74, 6) is 1.75. The fraction of sp³-hybridized carbons (Fsp3) is 0.611. The Morgan fingerprint density at radius 1 is 1.16 bits per heavy atom. The fourth-order valence-electron chi connectivity index (χ4n) is 3.86. The molecule has 1 amide bonds. The van der Waals surface area contributed by atoms with Gasteiger partial charge in [0.05, 0.1) is 13.7 Å². The molecule has 0 saturated carbocycles. The molecule has 0 radical (unpaired) electrons. The molecule has 0 spiro atoms. The molecule has 1 N–H and O–H groups in total. The molecular weight excluding hydrogens is 361 g/mol. The predicted octanol–water partition coefficient (Wildman–Crippen LogP) is 2.18. The van der Waals surface area contributed by atoms with Gasteiger partial charge in [-0.1, -0.05) is 12.1 Å². The van der Waals surface area contributed by atoms with Gasteiger partial charge >= 0.3 is 0 Å². The summed E-state index contributed by atoms with van der Waals surface area (Å²) in [6, 6.07) is 8.67. The van der Waals surface area contributed by atoms with Gasteiger partial charge in [0.25, 0.3) is 0 Å². The Morgan fingerprint density at radius 2 is 1.88 bits per heavy atom. The number of methoxy groups -OCH3 is 1. The molecule has 7 heteroatoms. The number of benzene rings is 1. The van der Waals surface area contributed by atoms with E-state index in [2.05, 4.69) is 27.2 Å². The van der Waals surface area contributed by atoms with E-state index in [0.717, 1.165) is 38.3 Å². The zero-order chi connectivity index (χ0) is 16.2. The first-order valence-corrected chi connectivity index (χ1v) is 8.49. The van der Waals surface area contributed by atoms with Crippen LogP contribution < -0.4 is 10.1 Å². The first-order chi connectivity index (χ1) is 11.2. The number of halogens is 2. The number of fused-ring (bicyclic) bond motifs is 4. The number of piperidine rings is 1. The molecule has 3 saturated heterocycles. The number of hydrogen-bond acceptors (Lipinski definition) is 4. The third-order valence-electron chi connectivity index (χ3n) is 5.00. The highest BCUT2D eigenvalue weighted by Gasteiger charge is 2.36. The maximum atomic E-state index is 12.3. The van der Waals surface area contributed by atoms with Gasteiger partial charge < -0.3 is 15.0 Å². The van der Waals surface area contributed by atoms with Gasteiger partial charge in [0, 0.05) is 32.2 Å². The summed E-state index contributed by atoms with van der Waals surface area (Å²) in [4.78, 5) is 16.9. The third-order valence-corrected chi connectivity index (χ3v) is 5.00. The number of nitrogens with one attached hydrogen (secondary N) is 1. The van der Waals surface area contributed by atoms with Crippen LogP contribution >= 0.6 is 24.8 Å². The van der Waals surface area contributed by atoms with Crippen LogP contribution in [-0.2, 0) is 11.3 Å². The molecule has 142 valence electrons. The van der Waals surface area contributed by atoms with Crippen molar-refractivity contribution in [2.75, 3.05) is 40.3 Å². The van der Waals surface area contributed by atoms with E-state index < -0.39 is 0 Å². The van der Waals surface area contributed by atoms with Crippen molar-refractivity contribution in [1.29, 1.82) is 0 Å². The number of ether oxygens (including phenoxy) is 1. The van der Waals surface area contributed by atoms with E-state index in [-0.39, 0.29) is 30.7 Å². The van der Waals surface area contributed by atoms with E-state index in [9.17, 15) is 4.79 Å². The standard InChI is InChI=1S/C18H27N3O2.2ClH/c1-19-9-18(22)21-12-15-3-6-16(21)13-20(11-15)10-14-4-7-17(23-2)8-5-14;;/h4-5,7-8,15-16,19H,3,6,9-13H2,1-2H3;2*1H/t15-,16+;;/m0../s1. The van der Waals surface area contributed by atoms with Crippen molar-refractivity contribution in [2.45, 2.75) is 25.4 Å². The van der Waals surface area contributed by atoms with Crippen molar-refractivity contribution in [3.05, 3.63) is 29.8 Å². The predicted molar refractivity (Wildman–Crippen MR) is 105 cm³/mol. The minimum Gasteiger partial charge on any atom is -0.497 e. The summed E-state index contributed by atoms with van der Waals surface area (Å²) in [6.45, 7) is 4.39. The lowest BCUT2D eigenvalue weighted by Crippen LogP contribution is -2.49. The summed E-state index contributed by atoms with van der Waals surface area (Å²) in [6.07, 6.45) is 2.38. The van der Waals surface area contributed by atoms with E-state index in [1.165, 1.54) is 12.0 Å². The average Bonchev–Trinajstić information content (AvgIpc) is 2.86. The Hall–Kier alpha value is -1.01. The molecule has 3 fully saturated rings. The second kappa shape index (κ2) is 10.2. The highest BCUT2D eigenvalue weighted by molar-refractivity contribution is 5.85. The van der Waals surface area contributed by atoms with Crippen LogP contribution in [0.15, 0.2) is 24.3 Å². The van der Waals surface area contributed by atoms with Crippen molar-refractivity contribution in [3.8, 4) is 5.75 Å². The summed E-state index contributed by atoms with van der Waals surface area (Å²) in [5.41, 5.74) is 1.31. The Kier molecular flexibility index (Phi) is 9.00. The normalized spacial score (nSPS) is 22.6. The van der Waals surface area contributed by atoms with Crippen LogP contribution in [0.2, 0.25) is 0 Å². The van der Waals surface area contributed by atoms with E-state index in [0.29, 0.717) is 18.5 Å². The highest BCUT2D eigenvalue weighted by atomic mass is 35.5. The molecule has 3 heterocycles. The lowest BCUT2D eigenvalue weighted by molar-refractivity contribution is -0.134. The molecule has 1 aromatic rings. The SMILES string of the molecule is CNCC(=O)N1C[C@H]2CC[C@@H]1CN(Cc1ccc(OC)cc1)C2.Cl.Cl.